The lowest BCUT2D eigenvalue weighted by atomic mass is 10.2. The van der Waals surface area contributed by atoms with Crippen LogP contribution in [0.15, 0.2) is 18.2 Å². The van der Waals surface area contributed by atoms with Crippen LogP contribution in [0.2, 0.25) is 5.02 Å². The van der Waals surface area contributed by atoms with Crippen LogP contribution in [0.3, 0.4) is 0 Å². The summed E-state index contributed by atoms with van der Waals surface area (Å²) in [5.41, 5.74) is 0.0802. The Hall–Kier alpha value is -2.35. The third-order valence-electron chi connectivity index (χ3n) is 2.38. The number of ether oxygens (including phenoxy) is 1. The molecule has 7 nitrogen and oxygen atoms in total. The molecule has 0 saturated carbocycles. The largest absolute Gasteiger partial charge is 0.480 e. The number of halogens is 2. The van der Waals surface area contributed by atoms with Crippen molar-refractivity contribution in [2.75, 3.05) is 12.4 Å². The van der Waals surface area contributed by atoms with Gasteiger partial charge in [0.25, 0.3) is 0 Å². The van der Waals surface area contributed by atoms with E-state index in [1.54, 1.807) is 0 Å². The molecule has 114 valence electrons. The van der Waals surface area contributed by atoms with Crippen LogP contribution in [-0.4, -0.2) is 36.2 Å². The average molecular weight is 319 g/mol. The number of carbonyl (C=O) groups is 3. The van der Waals surface area contributed by atoms with Crippen LogP contribution in [-0.2, 0) is 14.3 Å². The van der Waals surface area contributed by atoms with E-state index >= 15 is 0 Å². The summed E-state index contributed by atoms with van der Waals surface area (Å²) in [4.78, 5) is 33.5. The van der Waals surface area contributed by atoms with E-state index in [-0.39, 0.29) is 10.7 Å². The van der Waals surface area contributed by atoms with Crippen LogP contribution in [0.1, 0.15) is 6.42 Å². The van der Waals surface area contributed by atoms with Crippen LogP contribution in [0.4, 0.5) is 14.9 Å². The highest BCUT2D eigenvalue weighted by Gasteiger charge is 2.23. The van der Waals surface area contributed by atoms with Gasteiger partial charge in [0.1, 0.15) is 11.9 Å². The SMILES string of the molecule is COC(=O)C[C@H](NC(=O)Nc1ccc(Cl)c(F)c1)C(=O)O. The molecule has 0 radical (unpaired) electrons. The number of hydrogen-bond acceptors (Lipinski definition) is 4. The molecule has 0 fully saturated rings. The molecule has 0 bridgehead atoms. The average Bonchev–Trinajstić information content (AvgIpc) is 2.41. The quantitative estimate of drug-likeness (QED) is 0.715. The monoisotopic (exact) mass is 318 g/mol. The molecule has 1 atom stereocenters. The van der Waals surface area contributed by atoms with Crippen LogP contribution in [0, 0.1) is 5.82 Å². The molecule has 2 amide bonds. The van der Waals surface area contributed by atoms with Crippen molar-refractivity contribution in [3.05, 3.63) is 29.0 Å². The number of anilines is 1. The number of esters is 1. The summed E-state index contributed by atoms with van der Waals surface area (Å²) >= 11 is 5.48. The number of hydrogen-bond donors (Lipinski definition) is 3. The third kappa shape index (κ3) is 5.27. The van der Waals surface area contributed by atoms with Crippen molar-refractivity contribution >= 4 is 35.3 Å². The number of amides is 2. The maximum absolute atomic E-state index is 13.2. The van der Waals surface area contributed by atoms with Gasteiger partial charge in [0.05, 0.1) is 18.6 Å². The lowest BCUT2D eigenvalue weighted by Gasteiger charge is -2.14. The maximum atomic E-state index is 13.2. The number of nitrogens with one attached hydrogen (secondary N) is 2. The molecule has 1 aromatic carbocycles. The fourth-order valence-electron chi connectivity index (χ4n) is 1.35. The van der Waals surface area contributed by atoms with Crippen molar-refractivity contribution in [1.29, 1.82) is 0 Å². The molecule has 21 heavy (non-hydrogen) atoms. The van der Waals surface area contributed by atoms with Crippen molar-refractivity contribution in [3.63, 3.8) is 0 Å². The zero-order valence-electron chi connectivity index (χ0n) is 10.9. The lowest BCUT2D eigenvalue weighted by Crippen LogP contribution is -2.44. The number of benzene rings is 1. The Bertz CT molecular complexity index is 567. The predicted molar refractivity (Wildman–Crippen MR) is 71.6 cm³/mol. The molecule has 0 saturated heterocycles. The summed E-state index contributed by atoms with van der Waals surface area (Å²) < 4.78 is 17.5. The second-order valence-corrected chi connectivity index (χ2v) is 4.31. The maximum Gasteiger partial charge on any atom is 0.326 e. The van der Waals surface area contributed by atoms with Gasteiger partial charge in [0.15, 0.2) is 0 Å². The van der Waals surface area contributed by atoms with Crippen LogP contribution >= 0.6 is 11.6 Å². The number of rotatable bonds is 5. The van der Waals surface area contributed by atoms with Gasteiger partial charge in [-0.15, -0.1) is 0 Å². The second-order valence-electron chi connectivity index (χ2n) is 3.90. The predicted octanol–water partition coefficient (Wildman–Crippen LogP) is 1.62. The van der Waals surface area contributed by atoms with Gasteiger partial charge in [0.2, 0.25) is 0 Å². The third-order valence-corrected chi connectivity index (χ3v) is 2.69. The first kappa shape index (κ1) is 16.7. The number of aliphatic carboxylic acids is 1. The highest BCUT2D eigenvalue weighted by molar-refractivity contribution is 6.30. The smallest absolute Gasteiger partial charge is 0.326 e. The minimum Gasteiger partial charge on any atom is -0.480 e. The number of carbonyl (C=O) groups excluding carboxylic acids is 2. The van der Waals surface area contributed by atoms with Gasteiger partial charge in [-0.25, -0.2) is 14.0 Å². The molecule has 0 aliphatic carbocycles. The molecule has 3 N–H and O–H groups in total. The number of carboxylic acids is 1. The van der Waals surface area contributed by atoms with Gasteiger partial charge < -0.3 is 20.5 Å². The van der Waals surface area contributed by atoms with Gasteiger partial charge in [-0.2, -0.15) is 0 Å². The van der Waals surface area contributed by atoms with Gasteiger partial charge >= 0.3 is 18.0 Å². The molecule has 0 spiro atoms. The van der Waals surface area contributed by atoms with E-state index in [1.165, 1.54) is 12.1 Å². The van der Waals surface area contributed by atoms with Gasteiger partial charge in [-0.3, -0.25) is 4.79 Å². The fraction of sp³-hybridized carbons (Fsp3) is 0.250. The highest BCUT2D eigenvalue weighted by atomic mass is 35.5. The van der Waals surface area contributed by atoms with E-state index in [0.29, 0.717) is 0 Å². The number of carboxylic acid groups (broad SMARTS) is 1. The van der Waals surface area contributed by atoms with Crippen molar-refractivity contribution < 1.29 is 28.6 Å². The molecule has 0 aliphatic heterocycles. The molecule has 0 aromatic heterocycles. The Morgan fingerprint density at radius 1 is 1.43 bits per heavy atom. The van der Waals surface area contributed by atoms with Gasteiger partial charge in [0, 0.05) is 5.69 Å². The van der Waals surface area contributed by atoms with E-state index < -0.39 is 36.2 Å². The molecular formula is C12H12ClFN2O5. The molecule has 1 rings (SSSR count). The minimum atomic E-state index is -1.46. The van der Waals surface area contributed by atoms with E-state index in [9.17, 15) is 18.8 Å². The lowest BCUT2D eigenvalue weighted by molar-refractivity contribution is -0.147. The summed E-state index contributed by atoms with van der Waals surface area (Å²) in [7, 11) is 1.10. The van der Waals surface area contributed by atoms with Crippen molar-refractivity contribution in [2.24, 2.45) is 0 Å². The summed E-state index contributed by atoms with van der Waals surface area (Å²) in [5.74, 6) is -2.93. The minimum absolute atomic E-state index is 0.0802. The highest BCUT2D eigenvalue weighted by Crippen LogP contribution is 2.18. The Balaban J connectivity index is 2.67. The van der Waals surface area contributed by atoms with Crippen LogP contribution in [0.5, 0.6) is 0 Å². The first-order chi connectivity index (χ1) is 9.83. The Morgan fingerprint density at radius 3 is 2.62 bits per heavy atom. The molecule has 0 unspecified atom stereocenters. The summed E-state index contributed by atoms with van der Waals surface area (Å²) in [6.45, 7) is 0. The van der Waals surface area contributed by atoms with Crippen molar-refractivity contribution in [2.45, 2.75) is 12.5 Å². The Morgan fingerprint density at radius 2 is 2.10 bits per heavy atom. The first-order valence-corrected chi connectivity index (χ1v) is 6.03. The molecule has 0 heterocycles. The van der Waals surface area contributed by atoms with E-state index in [0.717, 1.165) is 13.2 Å². The van der Waals surface area contributed by atoms with Gasteiger partial charge in [-0.1, -0.05) is 11.6 Å². The summed E-state index contributed by atoms with van der Waals surface area (Å²) in [6, 6.07) is 1.16. The molecule has 1 aromatic rings. The molecular weight excluding hydrogens is 307 g/mol. The van der Waals surface area contributed by atoms with Crippen molar-refractivity contribution in [3.8, 4) is 0 Å². The van der Waals surface area contributed by atoms with Gasteiger partial charge in [-0.05, 0) is 18.2 Å². The van der Waals surface area contributed by atoms with Crippen LogP contribution < -0.4 is 10.6 Å². The van der Waals surface area contributed by atoms with E-state index in [4.69, 9.17) is 16.7 Å². The summed E-state index contributed by atoms with van der Waals surface area (Å²) in [5, 5.41) is 13.1. The fourth-order valence-corrected chi connectivity index (χ4v) is 1.47. The van der Waals surface area contributed by atoms with Crippen molar-refractivity contribution in [1.82, 2.24) is 5.32 Å². The van der Waals surface area contributed by atoms with E-state index in [2.05, 4.69) is 15.4 Å². The first-order valence-electron chi connectivity index (χ1n) is 5.65. The zero-order valence-corrected chi connectivity index (χ0v) is 11.6. The second kappa shape index (κ2) is 7.44. The zero-order chi connectivity index (χ0) is 16.0. The molecule has 9 heteroatoms. The molecule has 0 aliphatic rings. The number of urea groups is 1. The Kier molecular flexibility index (Phi) is 5.92. The standard InChI is InChI=1S/C12H12ClFN2O5/c1-21-10(17)5-9(11(18)19)16-12(20)15-6-2-3-7(13)8(14)4-6/h2-4,9H,5H2,1H3,(H,18,19)(H2,15,16,20)/t9-/m0/s1. The van der Waals surface area contributed by atoms with E-state index in [1.807, 2.05) is 0 Å². The Labute approximate surface area is 124 Å². The number of methoxy groups -OCH3 is 1. The normalized spacial score (nSPS) is 11.4. The topological polar surface area (TPSA) is 105 Å². The van der Waals surface area contributed by atoms with Crippen LogP contribution in [0.25, 0.3) is 0 Å². The summed E-state index contributed by atoms with van der Waals surface area (Å²) in [6.07, 6.45) is -0.533.